The van der Waals surface area contributed by atoms with E-state index in [0.717, 1.165) is 16.7 Å². The molecule has 1 aromatic carbocycles. The summed E-state index contributed by atoms with van der Waals surface area (Å²) in [4.78, 5) is 25.1. The minimum atomic E-state index is -0.473. The lowest BCUT2D eigenvalue weighted by molar-refractivity contribution is -0.385. The summed E-state index contributed by atoms with van der Waals surface area (Å²) in [5.41, 5.74) is 2.76. The van der Waals surface area contributed by atoms with Crippen molar-refractivity contribution in [3.05, 3.63) is 57.4 Å². The number of benzene rings is 1. The normalized spacial score (nSPS) is 15.0. The van der Waals surface area contributed by atoms with E-state index in [1.165, 1.54) is 6.07 Å². The lowest BCUT2D eigenvalue weighted by Gasteiger charge is -2.31. The number of amides is 1. The maximum Gasteiger partial charge on any atom is 0.269 e. The Bertz CT molecular complexity index is 786. The number of fused-ring (bicyclic) bond motifs is 1. The van der Waals surface area contributed by atoms with Gasteiger partial charge in [0.15, 0.2) is 0 Å². The number of non-ortho nitro benzene ring substituents is 1. The second-order valence-electron chi connectivity index (χ2n) is 5.89. The molecule has 1 aromatic heterocycles. The molecule has 24 heavy (non-hydrogen) atoms. The van der Waals surface area contributed by atoms with Gasteiger partial charge in [0.25, 0.3) is 5.69 Å². The third-order valence-corrected chi connectivity index (χ3v) is 4.32. The monoisotopic (exact) mass is 329 g/mol. The number of rotatable bonds is 4. The third kappa shape index (κ3) is 3.00. The number of hydrogen-bond donors (Lipinski definition) is 1. The number of nitro groups is 1. The first kappa shape index (κ1) is 16.1. The van der Waals surface area contributed by atoms with Crippen molar-refractivity contribution in [2.24, 2.45) is 7.05 Å². The first-order chi connectivity index (χ1) is 11.5. The highest BCUT2D eigenvalue weighted by Gasteiger charge is 2.29. The number of aromatic nitrogens is 2. The molecule has 0 radical (unpaired) electrons. The summed E-state index contributed by atoms with van der Waals surface area (Å²) in [6.45, 7) is 0.983. The van der Waals surface area contributed by atoms with Crippen LogP contribution in [0.3, 0.4) is 0 Å². The second kappa shape index (κ2) is 6.40. The molecule has 0 saturated heterocycles. The highest BCUT2D eigenvalue weighted by Crippen LogP contribution is 2.26. The molecule has 0 bridgehead atoms. The Labute approximate surface area is 139 Å². The van der Waals surface area contributed by atoms with Gasteiger partial charge in [-0.3, -0.25) is 19.6 Å². The van der Waals surface area contributed by atoms with Crippen LogP contribution in [-0.4, -0.2) is 39.1 Å². The predicted octanol–water partition coefficient (Wildman–Crippen LogP) is 1.17. The minimum absolute atomic E-state index is 0.0531. The number of nitrogens with zero attached hydrogens (tertiary/aromatic N) is 4. The minimum Gasteiger partial charge on any atom is -0.336 e. The topological polar surface area (TPSA) is 93.3 Å². The summed E-state index contributed by atoms with van der Waals surface area (Å²) >= 11 is 0. The zero-order chi connectivity index (χ0) is 17.3. The molecular formula is C16H19N5O3. The Morgan fingerprint density at radius 1 is 1.42 bits per heavy atom. The lowest BCUT2D eigenvalue weighted by atomic mass is 9.98. The molecule has 8 heteroatoms. The standard InChI is InChI=1S/C16H19N5O3/c1-17-15(13-8-18-19(2)9-13)16(22)20-6-5-11-3-4-14(21(23)24)7-12(11)10-20/h3-4,7-9,15,17H,5-6,10H2,1-2H3. The number of carbonyl (C=O) groups excluding carboxylic acids is 1. The van der Waals surface area contributed by atoms with E-state index in [1.807, 2.05) is 6.20 Å². The van der Waals surface area contributed by atoms with Gasteiger partial charge in [-0.1, -0.05) is 6.07 Å². The van der Waals surface area contributed by atoms with Gasteiger partial charge in [0.05, 0.1) is 11.1 Å². The Morgan fingerprint density at radius 2 is 2.21 bits per heavy atom. The van der Waals surface area contributed by atoms with Gasteiger partial charge in [-0.2, -0.15) is 5.10 Å². The van der Waals surface area contributed by atoms with Gasteiger partial charge in [-0.25, -0.2) is 0 Å². The molecule has 0 saturated carbocycles. The fourth-order valence-corrected chi connectivity index (χ4v) is 3.05. The zero-order valence-corrected chi connectivity index (χ0v) is 13.6. The second-order valence-corrected chi connectivity index (χ2v) is 5.89. The highest BCUT2D eigenvalue weighted by molar-refractivity contribution is 5.83. The Hall–Kier alpha value is -2.74. The van der Waals surface area contributed by atoms with Crippen LogP contribution in [0, 0.1) is 10.1 Å². The molecular weight excluding hydrogens is 310 g/mol. The molecule has 3 rings (SSSR count). The molecule has 1 unspecified atom stereocenters. The van der Waals surface area contributed by atoms with Crippen LogP contribution < -0.4 is 5.32 Å². The molecule has 2 aromatic rings. The number of likely N-dealkylation sites (N-methyl/N-ethyl adjacent to an activating group) is 1. The fourth-order valence-electron chi connectivity index (χ4n) is 3.05. The summed E-state index contributed by atoms with van der Waals surface area (Å²) in [5.74, 6) is -0.0531. The van der Waals surface area contributed by atoms with Crippen molar-refractivity contribution < 1.29 is 9.72 Å². The number of aryl methyl sites for hydroxylation is 1. The maximum absolute atomic E-state index is 12.9. The fraction of sp³-hybridized carbons (Fsp3) is 0.375. The summed E-state index contributed by atoms with van der Waals surface area (Å²) in [6, 6.07) is 4.39. The van der Waals surface area contributed by atoms with Crippen molar-refractivity contribution in [2.45, 2.75) is 19.0 Å². The van der Waals surface area contributed by atoms with E-state index in [9.17, 15) is 14.9 Å². The van der Waals surface area contributed by atoms with Crippen LogP contribution >= 0.6 is 0 Å². The quantitative estimate of drug-likeness (QED) is 0.671. The van der Waals surface area contributed by atoms with Gasteiger partial charge >= 0.3 is 0 Å². The molecule has 1 atom stereocenters. The molecule has 8 nitrogen and oxygen atoms in total. The van der Waals surface area contributed by atoms with E-state index < -0.39 is 11.0 Å². The average Bonchev–Trinajstić information content (AvgIpc) is 3.00. The smallest absolute Gasteiger partial charge is 0.269 e. The molecule has 1 aliphatic rings. The van der Waals surface area contributed by atoms with Gasteiger partial charge in [0.2, 0.25) is 5.91 Å². The van der Waals surface area contributed by atoms with Gasteiger partial charge < -0.3 is 10.2 Å². The van der Waals surface area contributed by atoms with Gasteiger partial charge in [-0.15, -0.1) is 0 Å². The first-order valence-corrected chi connectivity index (χ1v) is 7.70. The van der Waals surface area contributed by atoms with Crippen molar-refractivity contribution in [3.63, 3.8) is 0 Å². The predicted molar refractivity (Wildman–Crippen MR) is 87.2 cm³/mol. The number of carbonyl (C=O) groups is 1. The molecule has 0 fully saturated rings. The van der Waals surface area contributed by atoms with Crippen molar-refractivity contribution in [2.75, 3.05) is 13.6 Å². The summed E-state index contributed by atoms with van der Waals surface area (Å²) in [6.07, 6.45) is 4.17. The number of nitro benzene ring substituents is 1. The van der Waals surface area contributed by atoms with Crippen molar-refractivity contribution >= 4 is 11.6 Å². The number of hydrogen-bond acceptors (Lipinski definition) is 5. The Balaban J connectivity index is 1.82. The lowest BCUT2D eigenvalue weighted by Crippen LogP contribution is -2.42. The summed E-state index contributed by atoms with van der Waals surface area (Å²) in [7, 11) is 3.54. The first-order valence-electron chi connectivity index (χ1n) is 7.70. The highest BCUT2D eigenvalue weighted by atomic mass is 16.6. The van der Waals surface area contributed by atoms with E-state index in [4.69, 9.17) is 0 Å². The van der Waals surface area contributed by atoms with Crippen molar-refractivity contribution in [1.82, 2.24) is 20.0 Å². The van der Waals surface area contributed by atoms with Crippen LogP contribution in [0.25, 0.3) is 0 Å². The third-order valence-electron chi connectivity index (χ3n) is 4.32. The van der Waals surface area contributed by atoms with Crippen molar-refractivity contribution in [1.29, 1.82) is 0 Å². The van der Waals surface area contributed by atoms with E-state index in [0.29, 0.717) is 19.5 Å². The average molecular weight is 329 g/mol. The molecule has 1 N–H and O–H groups in total. The largest absolute Gasteiger partial charge is 0.336 e. The molecule has 0 aliphatic carbocycles. The Kier molecular flexibility index (Phi) is 4.30. The summed E-state index contributed by atoms with van der Waals surface area (Å²) in [5, 5.41) is 18.1. The van der Waals surface area contributed by atoms with E-state index in [2.05, 4.69) is 10.4 Å². The molecule has 1 aliphatic heterocycles. The van der Waals surface area contributed by atoms with E-state index in [-0.39, 0.29) is 11.6 Å². The molecule has 1 amide bonds. The zero-order valence-electron chi connectivity index (χ0n) is 13.6. The van der Waals surface area contributed by atoms with Crippen LogP contribution in [0.4, 0.5) is 5.69 Å². The molecule has 126 valence electrons. The molecule has 0 spiro atoms. The van der Waals surface area contributed by atoms with Gasteiger partial charge in [-0.05, 0) is 24.6 Å². The van der Waals surface area contributed by atoms with Crippen LogP contribution in [0.15, 0.2) is 30.6 Å². The summed E-state index contributed by atoms with van der Waals surface area (Å²) < 4.78 is 1.65. The number of nitrogens with one attached hydrogen (secondary N) is 1. The van der Waals surface area contributed by atoms with E-state index in [1.54, 1.807) is 42.0 Å². The maximum atomic E-state index is 12.9. The van der Waals surface area contributed by atoms with Crippen LogP contribution in [0.2, 0.25) is 0 Å². The van der Waals surface area contributed by atoms with Crippen LogP contribution in [0.5, 0.6) is 0 Å². The van der Waals surface area contributed by atoms with Crippen LogP contribution in [0.1, 0.15) is 22.7 Å². The van der Waals surface area contributed by atoms with Crippen molar-refractivity contribution in [3.8, 4) is 0 Å². The van der Waals surface area contributed by atoms with Crippen LogP contribution in [-0.2, 0) is 24.8 Å². The van der Waals surface area contributed by atoms with Gasteiger partial charge in [0, 0.05) is 44.0 Å². The molecule has 2 heterocycles. The SMILES string of the molecule is CNC(C(=O)N1CCc2ccc([N+](=O)[O-])cc2C1)c1cnn(C)c1. The van der Waals surface area contributed by atoms with Gasteiger partial charge in [0.1, 0.15) is 6.04 Å². The Morgan fingerprint density at radius 3 is 2.83 bits per heavy atom. The van der Waals surface area contributed by atoms with E-state index >= 15 is 0 Å².